The lowest BCUT2D eigenvalue weighted by atomic mass is 10.1. The Bertz CT molecular complexity index is 131. The molecule has 0 spiro atoms. The van der Waals surface area contributed by atoms with E-state index < -0.39 is 0 Å². The fraction of sp³-hybridized carbons (Fsp3) is 1.00. The molecule has 0 amide bonds. The number of nitrogens with zero attached hydrogens (tertiary/aromatic N) is 1. The summed E-state index contributed by atoms with van der Waals surface area (Å²) in [5.74, 6) is 0.716. The summed E-state index contributed by atoms with van der Waals surface area (Å²) in [5.41, 5.74) is 0. The molecule has 0 rings (SSSR count). The van der Waals surface area contributed by atoms with E-state index in [2.05, 4.69) is 31.1 Å². The summed E-state index contributed by atoms with van der Waals surface area (Å²) in [6.07, 6.45) is 3.29. The zero-order chi connectivity index (χ0) is 11.5. The van der Waals surface area contributed by atoms with Gasteiger partial charge < -0.3 is 15.3 Å². The van der Waals surface area contributed by atoms with Crippen LogP contribution in [-0.2, 0) is 0 Å². The van der Waals surface area contributed by atoms with Crippen molar-refractivity contribution < 1.29 is 5.11 Å². The molecule has 3 heteroatoms. The van der Waals surface area contributed by atoms with Gasteiger partial charge in [-0.15, -0.1) is 0 Å². The van der Waals surface area contributed by atoms with Crippen molar-refractivity contribution in [1.82, 2.24) is 10.2 Å². The van der Waals surface area contributed by atoms with E-state index in [4.69, 9.17) is 5.11 Å². The van der Waals surface area contributed by atoms with Crippen LogP contribution < -0.4 is 5.32 Å². The molecule has 0 aliphatic rings. The second-order valence-corrected chi connectivity index (χ2v) is 4.46. The van der Waals surface area contributed by atoms with Crippen LogP contribution in [0, 0.1) is 5.92 Å². The third kappa shape index (κ3) is 10.2. The molecule has 2 N–H and O–H groups in total. The molecular weight excluding hydrogens is 188 g/mol. The van der Waals surface area contributed by atoms with Gasteiger partial charge in [0.15, 0.2) is 0 Å². The average Bonchev–Trinajstić information content (AvgIpc) is 2.21. The van der Waals surface area contributed by atoms with Gasteiger partial charge in [0.05, 0.1) is 0 Å². The molecule has 0 aromatic carbocycles. The van der Waals surface area contributed by atoms with Crippen molar-refractivity contribution in [1.29, 1.82) is 0 Å². The highest BCUT2D eigenvalue weighted by Crippen LogP contribution is 2.00. The smallest absolute Gasteiger partial charge is 0.0431 e. The molecule has 0 saturated heterocycles. The summed E-state index contributed by atoms with van der Waals surface area (Å²) < 4.78 is 0. The number of hydrogen-bond donors (Lipinski definition) is 2. The highest BCUT2D eigenvalue weighted by atomic mass is 16.2. The topological polar surface area (TPSA) is 35.5 Å². The molecule has 0 heterocycles. The highest BCUT2D eigenvalue weighted by Gasteiger charge is 2.05. The number of aliphatic hydroxyl groups excluding tert-OH is 1. The van der Waals surface area contributed by atoms with Gasteiger partial charge in [0, 0.05) is 13.2 Å². The average molecular weight is 216 g/mol. The van der Waals surface area contributed by atoms with Gasteiger partial charge in [-0.1, -0.05) is 13.8 Å². The standard InChI is InChI=1S/C12H28N2O/c1-4-13-10-12(2)11-14(3)8-6-5-7-9-15/h12-13,15H,4-11H2,1-3H3. The van der Waals surface area contributed by atoms with Gasteiger partial charge in [0.1, 0.15) is 0 Å². The van der Waals surface area contributed by atoms with Crippen LogP contribution in [0.25, 0.3) is 0 Å². The van der Waals surface area contributed by atoms with Crippen molar-refractivity contribution in [3.8, 4) is 0 Å². The summed E-state index contributed by atoms with van der Waals surface area (Å²) in [6.45, 7) is 9.24. The maximum atomic E-state index is 8.65. The molecular formula is C12H28N2O. The minimum absolute atomic E-state index is 0.334. The number of nitrogens with one attached hydrogen (secondary N) is 1. The molecule has 3 nitrogen and oxygen atoms in total. The molecule has 92 valence electrons. The fourth-order valence-corrected chi connectivity index (χ4v) is 1.75. The van der Waals surface area contributed by atoms with Gasteiger partial charge in [0.2, 0.25) is 0 Å². The van der Waals surface area contributed by atoms with Gasteiger partial charge in [-0.05, 0) is 51.9 Å². The van der Waals surface area contributed by atoms with E-state index in [1.165, 1.54) is 6.42 Å². The summed E-state index contributed by atoms with van der Waals surface area (Å²) >= 11 is 0. The van der Waals surface area contributed by atoms with E-state index in [9.17, 15) is 0 Å². The first-order chi connectivity index (χ1) is 7.20. The summed E-state index contributed by atoms with van der Waals surface area (Å²) in [6, 6.07) is 0. The third-order valence-electron chi connectivity index (χ3n) is 2.56. The van der Waals surface area contributed by atoms with Crippen LogP contribution in [0.2, 0.25) is 0 Å². The minimum atomic E-state index is 0.334. The van der Waals surface area contributed by atoms with E-state index in [0.717, 1.165) is 39.0 Å². The predicted molar refractivity (Wildman–Crippen MR) is 66.1 cm³/mol. The number of hydrogen-bond acceptors (Lipinski definition) is 3. The van der Waals surface area contributed by atoms with Crippen LogP contribution in [0.15, 0.2) is 0 Å². The van der Waals surface area contributed by atoms with Gasteiger partial charge in [0.25, 0.3) is 0 Å². The quantitative estimate of drug-likeness (QED) is 0.541. The SMILES string of the molecule is CCNCC(C)CN(C)CCCCCO. The number of aliphatic hydroxyl groups is 1. The summed E-state index contributed by atoms with van der Waals surface area (Å²) in [5, 5.41) is 12.0. The molecule has 0 aromatic rings. The zero-order valence-electron chi connectivity index (χ0n) is 10.6. The van der Waals surface area contributed by atoms with E-state index in [-0.39, 0.29) is 0 Å². The Labute approximate surface area is 94.9 Å². The van der Waals surface area contributed by atoms with E-state index in [1.807, 2.05) is 0 Å². The molecule has 0 saturated carbocycles. The van der Waals surface area contributed by atoms with Gasteiger partial charge >= 0.3 is 0 Å². The van der Waals surface area contributed by atoms with Crippen LogP contribution >= 0.6 is 0 Å². The first-order valence-electron chi connectivity index (χ1n) is 6.20. The van der Waals surface area contributed by atoms with Crippen molar-refractivity contribution in [2.24, 2.45) is 5.92 Å². The Morgan fingerprint density at radius 3 is 2.60 bits per heavy atom. The van der Waals surface area contributed by atoms with Crippen molar-refractivity contribution in [3.05, 3.63) is 0 Å². The Kier molecular flexibility index (Phi) is 10.3. The third-order valence-corrected chi connectivity index (χ3v) is 2.56. The Balaban J connectivity index is 3.33. The van der Waals surface area contributed by atoms with Crippen LogP contribution in [-0.4, -0.2) is 49.8 Å². The molecule has 0 bridgehead atoms. The molecule has 0 fully saturated rings. The minimum Gasteiger partial charge on any atom is -0.396 e. The fourth-order valence-electron chi connectivity index (χ4n) is 1.75. The molecule has 1 unspecified atom stereocenters. The van der Waals surface area contributed by atoms with E-state index >= 15 is 0 Å². The zero-order valence-corrected chi connectivity index (χ0v) is 10.6. The van der Waals surface area contributed by atoms with Gasteiger partial charge in [-0.3, -0.25) is 0 Å². The first kappa shape index (κ1) is 14.9. The van der Waals surface area contributed by atoms with Crippen molar-refractivity contribution in [2.75, 3.05) is 39.8 Å². The molecule has 0 aromatic heterocycles. The van der Waals surface area contributed by atoms with Crippen LogP contribution in [0.5, 0.6) is 0 Å². The lowest BCUT2D eigenvalue weighted by Gasteiger charge is -2.21. The van der Waals surface area contributed by atoms with Crippen molar-refractivity contribution in [3.63, 3.8) is 0 Å². The maximum absolute atomic E-state index is 8.65. The first-order valence-corrected chi connectivity index (χ1v) is 6.20. The molecule has 0 radical (unpaired) electrons. The molecule has 15 heavy (non-hydrogen) atoms. The molecule has 1 atom stereocenters. The van der Waals surface area contributed by atoms with Crippen molar-refractivity contribution >= 4 is 0 Å². The van der Waals surface area contributed by atoms with Crippen LogP contribution in [0.1, 0.15) is 33.1 Å². The van der Waals surface area contributed by atoms with E-state index in [1.54, 1.807) is 0 Å². The van der Waals surface area contributed by atoms with E-state index in [0.29, 0.717) is 12.5 Å². The Morgan fingerprint density at radius 1 is 1.27 bits per heavy atom. The largest absolute Gasteiger partial charge is 0.396 e. The summed E-state index contributed by atoms with van der Waals surface area (Å²) in [7, 11) is 2.18. The Morgan fingerprint density at radius 2 is 2.00 bits per heavy atom. The Hall–Kier alpha value is -0.120. The van der Waals surface area contributed by atoms with Gasteiger partial charge in [-0.25, -0.2) is 0 Å². The highest BCUT2D eigenvalue weighted by molar-refractivity contribution is 4.61. The second kappa shape index (κ2) is 10.4. The monoisotopic (exact) mass is 216 g/mol. The second-order valence-electron chi connectivity index (χ2n) is 4.46. The van der Waals surface area contributed by atoms with Crippen LogP contribution in [0.3, 0.4) is 0 Å². The molecule has 0 aliphatic heterocycles. The van der Waals surface area contributed by atoms with Crippen LogP contribution in [0.4, 0.5) is 0 Å². The predicted octanol–water partition coefficient (Wildman–Crippen LogP) is 1.33. The summed E-state index contributed by atoms with van der Waals surface area (Å²) in [4.78, 5) is 2.39. The number of rotatable bonds is 10. The lowest BCUT2D eigenvalue weighted by Crippen LogP contribution is -2.31. The van der Waals surface area contributed by atoms with Crippen molar-refractivity contribution in [2.45, 2.75) is 33.1 Å². The maximum Gasteiger partial charge on any atom is 0.0431 e. The lowest BCUT2D eigenvalue weighted by molar-refractivity contribution is 0.258. The molecule has 0 aliphatic carbocycles. The number of unbranched alkanes of at least 4 members (excludes halogenated alkanes) is 2. The van der Waals surface area contributed by atoms with Gasteiger partial charge in [-0.2, -0.15) is 0 Å². The normalized spacial score (nSPS) is 13.4.